The number of amides is 2. The number of hydrogen-bond donors (Lipinski definition) is 1. The fourth-order valence-electron chi connectivity index (χ4n) is 1.93. The number of nitrogens with one attached hydrogen (secondary N) is 1. The molecule has 1 N–H and O–H groups in total. The molecule has 0 unspecified atom stereocenters. The minimum atomic E-state index is -0.112. The van der Waals surface area contributed by atoms with Crippen molar-refractivity contribution in [2.75, 3.05) is 19.3 Å². The molecule has 0 aromatic carbocycles. The number of ether oxygens (including phenoxy) is 1. The average Bonchev–Trinajstić information content (AvgIpc) is 2.61. The Morgan fingerprint density at radius 1 is 1.50 bits per heavy atom. The van der Waals surface area contributed by atoms with Crippen molar-refractivity contribution in [3.63, 3.8) is 0 Å². The van der Waals surface area contributed by atoms with Gasteiger partial charge >= 0.3 is 6.03 Å². The summed E-state index contributed by atoms with van der Waals surface area (Å²) in [7, 11) is 1.64. The fraction of sp³-hybridized carbons (Fsp3) is 0.429. The lowest BCUT2D eigenvalue weighted by molar-refractivity contribution is 0.163. The van der Waals surface area contributed by atoms with Crippen LogP contribution in [0, 0.1) is 0 Å². The Kier molecular flexibility index (Phi) is 4.89. The van der Waals surface area contributed by atoms with E-state index in [1.54, 1.807) is 29.9 Å². The van der Waals surface area contributed by atoms with Crippen molar-refractivity contribution < 1.29 is 9.53 Å². The van der Waals surface area contributed by atoms with Crippen molar-refractivity contribution in [2.24, 2.45) is 0 Å². The lowest BCUT2D eigenvalue weighted by Gasteiger charge is -2.25. The van der Waals surface area contributed by atoms with E-state index in [0.717, 1.165) is 16.4 Å². The molecule has 2 heterocycles. The predicted molar refractivity (Wildman–Crippen MR) is 80.6 cm³/mol. The summed E-state index contributed by atoms with van der Waals surface area (Å²) in [5.74, 6) is 1.39. The highest BCUT2D eigenvalue weighted by Crippen LogP contribution is 2.27. The summed E-state index contributed by atoms with van der Waals surface area (Å²) in [5, 5.41) is 2.67. The molecule has 6 heteroatoms. The summed E-state index contributed by atoms with van der Waals surface area (Å²) >= 11 is 1.71. The number of aromatic nitrogens is 1. The molecule has 1 aliphatic heterocycles. The average molecular weight is 293 g/mol. The molecule has 0 bridgehead atoms. The number of urea groups is 1. The monoisotopic (exact) mass is 293 g/mol. The van der Waals surface area contributed by atoms with Gasteiger partial charge in [-0.2, -0.15) is 0 Å². The third-order valence-corrected chi connectivity index (χ3v) is 4.44. The van der Waals surface area contributed by atoms with Crippen LogP contribution in [-0.4, -0.2) is 41.4 Å². The van der Waals surface area contributed by atoms with Gasteiger partial charge in [0.1, 0.15) is 6.10 Å². The molecule has 0 spiro atoms. The van der Waals surface area contributed by atoms with Crippen molar-refractivity contribution in [3.05, 3.63) is 35.0 Å². The second-order valence-electron chi connectivity index (χ2n) is 4.53. The van der Waals surface area contributed by atoms with Crippen LogP contribution in [0.1, 0.15) is 13.8 Å². The summed E-state index contributed by atoms with van der Waals surface area (Å²) in [6, 6.07) is 5.45. The number of thioether (sulfide) groups is 1. The molecule has 20 heavy (non-hydrogen) atoms. The number of rotatable bonds is 2. The van der Waals surface area contributed by atoms with Crippen molar-refractivity contribution in [3.8, 4) is 5.88 Å². The summed E-state index contributed by atoms with van der Waals surface area (Å²) < 4.78 is 5.88. The zero-order valence-corrected chi connectivity index (χ0v) is 12.7. The molecule has 108 valence electrons. The van der Waals surface area contributed by atoms with Gasteiger partial charge in [0.2, 0.25) is 5.88 Å². The van der Waals surface area contributed by atoms with Crippen LogP contribution in [0.15, 0.2) is 35.0 Å². The molecule has 0 saturated carbocycles. The maximum Gasteiger partial charge on any atom is 0.321 e. The van der Waals surface area contributed by atoms with E-state index < -0.39 is 0 Å². The third kappa shape index (κ3) is 3.45. The zero-order chi connectivity index (χ0) is 14.5. The number of pyridine rings is 1. The van der Waals surface area contributed by atoms with Crippen LogP contribution in [0.3, 0.4) is 0 Å². The SMILES string of the molecule is CNC(=O)N1C[C@H](Oc2ccccn2)CSC(C)=C1C. The highest BCUT2D eigenvalue weighted by atomic mass is 32.2. The predicted octanol–water partition coefficient (Wildman–Crippen LogP) is 2.47. The van der Waals surface area contributed by atoms with Crippen molar-refractivity contribution in [1.29, 1.82) is 0 Å². The van der Waals surface area contributed by atoms with Crippen LogP contribution in [0.4, 0.5) is 4.79 Å². The second kappa shape index (κ2) is 6.65. The molecule has 1 aliphatic rings. The van der Waals surface area contributed by atoms with Gasteiger partial charge in [0.05, 0.1) is 6.54 Å². The van der Waals surface area contributed by atoms with Gasteiger partial charge < -0.3 is 10.1 Å². The topological polar surface area (TPSA) is 54.5 Å². The molecule has 0 fully saturated rings. The number of hydrogen-bond acceptors (Lipinski definition) is 4. The van der Waals surface area contributed by atoms with Crippen LogP contribution >= 0.6 is 11.8 Å². The van der Waals surface area contributed by atoms with E-state index in [4.69, 9.17) is 4.74 Å². The van der Waals surface area contributed by atoms with E-state index in [1.165, 1.54) is 0 Å². The van der Waals surface area contributed by atoms with Gasteiger partial charge in [-0.05, 0) is 19.9 Å². The Morgan fingerprint density at radius 2 is 2.30 bits per heavy atom. The molecular formula is C14H19N3O2S. The minimum Gasteiger partial charge on any atom is -0.472 e. The molecule has 2 rings (SSSR count). The Balaban J connectivity index is 2.12. The molecule has 0 saturated heterocycles. The first kappa shape index (κ1) is 14.7. The van der Waals surface area contributed by atoms with Gasteiger partial charge in [-0.3, -0.25) is 4.90 Å². The lowest BCUT2D eigenvalue weighted by Crippen LogP contribution is -2.42. The largest absolute Gasteiger partial charge is 0.472 e. The Bertz CT molecular complexity index is 504. The summed E-state index contributed by atoms with van der Waals surface area (Å²) in [4.78, 5) is 19.0. The van der Waals surface area contributed by atoms with E-state index in [1.807, 2.05) is 32.0 Å². The molecule has 0 aliphatic carbocycles. The molecule has 1 atom stereocenters. The van der Waals surface area contributed by atoms with E-state index in [-0.39, 0.29) is 12.1 Å². The molecule has 1 aromatic heterocycles. The quantitative estimate of drug-likeness (QED) is 0.910. The smallest absolute Gasteiger partial charge is 0.321 e. The molecular weight excluding hydrogens is 274 g/mol. The Morgan fingerprint density at radius 3 is 2.95 bits per heavy atom. The molecule has 2 amide bonds. The molecule has 1 aromatic rings. The number of allylic oxidation sites excluding steroid dienone is 2. The third-order valence-electron chi connectivity index (χ3n) is 3.17. The zero-order valence-electron chi connectivity index (χ0n) is 11.9. The van der Waals surface area contributed by atoms with Gasteiger partial charge in [-0.1, -0.05) is 6.07 Å². The highest BCUT2D eigenvalue weighted by molar-refractivity contribution is 8.03. The van der Waals surface area contributed by atoms with Gasteiger partial charge in [0, 0.05) is 35.7 Å². The van der Waals surface area contributed by atoms with Crippen LogP contribution in [0.25, 0.3) is 0 Å². The van der Waals surface area contributed by atoms with Gasteiger partial charge in [-0.25, -0.2) is 9.78 Å². The second-order valence-corrected chi connectivity index (χ2v) is 5.76. The number of nitrogens with zero attached hydrogens (tertiary/aromatic N) is 2. The van der Waals surface area contributed by atoms with Crippen molar-refractivity contribution in [2.45, 2.75) is 20.0 Å². The van der Waals surface area contributed by atoms with Gasteiger partial charge in [0.15, 0.2) is 0 Å². The van der Waals surface area contributed by atoms with Crippen LogP contribution in [0.5, 0.6) is 5.88 Å². The van der Waals surface area contributed by atoms with Gasteiger partial charge in [0.25, 0.3) is 0 Å². The van der Waals surface area contributed by atoms with Crippen LogP contribution in [0.2, 0.25) is 0 Å². The first-order chi connectivity index (χ1) is 9.61. The Hall–Kier alpha value is -1.69. The Labute approximate surface area is 123 Å². The summed E-state index contributed by atoms with van der Waals surface area (Å²) in [6.45, 7) is 4.51. The van der Waals surface area contributed by atoms with Gasteiger partial charge in [-0.15, -0.1) is 11.8 Å². The fourth-order valence-corrected chi connectivity index (χ4v) is 2.86. The van der Waals surface area contributed by atoms with E-state index in [0.29, 0.717) is 12.4 Å². The highest BCUT2D eigenvalue weighted by Gasteiger charge is 2.26. The van der Waals surface area contributed by atoms with Crippen molar-refractivity contribution >= 4 is 17.8 Å². The number of carbonyl (C=O) groups is 1. The van der Waals surface area contributed by atoms with Crippen LogP contribution < -0.4 is 10.1 Å². The van der Waals surface area contributed by atoms with Crippen molar-refractivity contribution in [1.82, 2.24) is 15.2 Å². The molecule has 5 nitrogen and oxygen atoms in total. The van der Waals surface area contributed by atoms with Crippen LogP contribution in [-0.2, 0) is 0 Å². The number of carbonyl (C=O) groups excluding carboxylic acids is 1. The maximum atomic E-state index is 12.0. The van der Waals surface area contributed by atoms with E-state index in [9.17, 15) is 4.79 Å². The first-order valence-corrected chi connectivity index (χ1v) is 7.47. The lowest BCUT2D eigenvalue weighted by atomic mass is 10.3. The minimum absolute atomic E-state index is 0.0837. The maximum absolute atomic E-state index is 12.0. The normalized spacial score (nSPS) is 19.6. The first-order valence-electron chi connectivity index (χ1n) is 6.49. The summed E-state index contributed by atoms with van der Waals surface area (Å²) in [6.07, 6.45) is 1.62. The standard InChI is InChI=1S/C14H19N3O2S/c1-10-11(2)20-9-12(8-17(10)14(18)15-3)19-13-6-4-5-7-16-13/h4-7,12H,8-9H2,1-3H3,(H,15,18)/t12-/m0/s1. The van der Waals surface area contributed by atoms with E-state index in [2.05, 4.69) is 10.3 Å². The molecule has 0 radical (unpaired) electrons. The summed E-state index contributed by atoms with van der Waals surface area (Å²) in [5.41, 5.74) is 0.974. The van der Waals surface area contributed by atoms with E-state index >= 15 is 0 Å².